The molecule has 6 nitrogen and oxygen atoms in total. The third-order valence-electron chi connectivity index (χ3n) is 4.93. The second-order valence-electron chi connectivity index (χ2n) is 6.59. The molecule has 1 saturated heterocycles. The van der Waals surface area contributed by atoms with Crippen molar-refractivity contribution in [1.82, 2.24) is 10.2 Å². The molecule has 144 valence electrons. The van der Waals surface area contributed by atoms with E-state index in [1.165, 1.54) is 0 Å². The van der Waals surface area contributed by atoms with E-state index in [-0.39, 0.29) is 5.75 Å². The minimum absolute atomic E-state index is 0.0696. The smallest absolute Gasteiger partial charge is 0.236 e. The van der Waals surface area contributed by atoms with Gasteiger partial charge in [0.05, 0.1) is 11.4 Å². The second-order valence-corrected chi connectivity index (χ2v) is 10.0. The highest BCUT2D eigenvalue weighted by Crippen LogP contribution is 2.29. The van der Waals surface area contributed by atoms with Crippen molar-refractivity contribution in [3.63, 3.8) is 0 Å². The van der Waals surface area contributed by atoms with Gasteiger partial charge in [-0.05, 0) is 24.5 Å². The van der Waals surface area contributed by atoms with Gasteiger partial charge in [-0.25, -0.2) is 8.42 Å². The lowest BCUT2D eigenvalue weighted by molar-refractivity contribution is 0.409. The quantitative estimate of drug-likeness (QED) is 0.607. The predicted octanol–water partition coefficient (Wildman–Crippen LogP) is 1.78. The molecule has 0 saturated carbocycles. The molecule has 0 aliphatic carbocycles. The summed E-state index contributed by atoms with van der Waals surface area (Å²) in [6.45, 7) is 5.03. The van der Waals surface area contributed by atoms with E-state index in [2.05, 4.69) is 22.1 Å². The first kappa shape index (κ1) is 19.4. The number of fused-ring (bicyclic) bond motifs is 1. The summed E-state index contributed by atoms with van der Waals surface area (Å²) in [5, 5.41) is 3.87. The Labute approximate surface area is 161 Å². The molecular formula is C18H28N4O2S2. The average Bonchev–Trinajstić information content (AvgIpc) is 3.10. The summed E-state index contributed by atoms with van der Waals surface area (Å²) in [5.41, 5.74) is 1.94. The zero-order valence-corrected chi connectivity index (χ0v) is 17.2. The Balaban J connectivity index is 1.57. The van der Waals surface area contributed by atoms with E-state index in [1.54, 1.807) is 11.4 Å². The molecule has 2 aliphatic heterocycles. The number of benzene rings is 1. The van der Waals surface area contributed by atoms with Gasteiger partial charge in [0.2, 0.25) is 10.0 Å². The van der Waals surface area contributed by atoms with Gasteiger partial charge in [-0.3, -0.25) is 9.30 Å². The molecule has 0 bridgehead atoms. The Kier molecular flexibility index (Phi) is 6.34. The van der Waals surface area contributed by atoms with Crippen molar-refractivity contribution < 1.29 is 8.42 Å². The molecule has 1 fully saturated rings. The van der Waals surface area contributed by atoms with Crippen LogP contribution in [0, 0.1) is 0 Å². The predicted molar refractivity (Wildman–Crippen MR) is 111 cm³/mol. The maximum Gasteiger partial charge on any atom is 0.236 e. The molecule has 0 radical (unpaired) electrons. The molecule has 0 spiro atoms. The standard InChI is InChI=1S/C18H28N4O2S2/c1-3-16-14-21(11-12-25-16)18(19-2)20-9-13-26(23,24)22-10-8-15-6-4-5-7-17(15)22/h4-7,16H,3,8-14H2,1-2H3,(H,19,20). The van der Waals surface area contributed by atoms with Crippen LogP contribution in [0.3, 0.4) is 0 Å². The van der Waals surface area contributed by atoms with Crippen LogP contribution in [0.15, 0.2) is 29.3 Å². The van der Waals surface area contributed by atoms with Gasteiger partial charge in [0.1, 0.15) is 0 Å². The van der Waals surface area contributed by atoms with Gasteiger partial charge in [0, 0.05) is 44.2 Å². The molecule has 26 heavy (non-hydrogen) atoms. The lowest BCUT2D eigenvalue weighted by atomic mass is 10.2. The maximum absolute atomic E-state index is 12.8. The van der Waals surface area contributed by atoms with Gasteiger partial charge in [-0.15, -0.1) is 0 Å². The van der Waals surface area contributed by atoms with Crippen molar-refractivity contribution in [2.75, 3.05) is 49.0 Å². The maximum atomic E-state index is 12.8. The molecule has 1 atom stereocenters. The highest BCUT2D eigenvalue weighted by molar-refractivity contribution is 8.00. The van der Waals surface area contributed by atoms with Gasteiger partial charge in [0.15, 0.2) is 5.96 Å². The van der Waals surface area contributed by atoms with Crippen molar-refractivity contribution in [2.24, 2.45) is 4.99 Å². The average molecular weight is 397 g/mol. The molecule has 8 heteroatoms. The van der Waals surface area contributed by atoms with Gasteiger partial charge in [-0.1, -0.05) is 25.1 Å². The Morgan fingerprint density at radius 2 is 2.15 bits per heavy atom. The number of guanidine groups is 1. The van der Waals surface area contributed by atoms with Crippen LogP contribution in [0.25, 0.3) is 0 Å². The summed E-state index contributed by atoms with van der Waals surface area (Å²) < 4.78 is 27.1. The summed E-state index contributed by atoms with van der Waals surface area (Å²) in [6.07, 6.45) is 1.93. The highest BCUT2D eigenvalue weighted by atomic mass is 32.2. The summed E-state index contributed by atoms with van der Waals surface area (Å²) >= 11 is 2.01. The lowest BCUT2D eigenvalue weighted by Crippen LogP contribution is -2.49. The third-order valence-corrected chi connectivity index (χ3v) is 8.07. The van der Waals surface area contributed by atoms with Crippen LogP contribution >= 0.6 is 11.8 Å². The van der Waals surface area contributed by atoms with Crippen LogP contribution in [-0.2, 0) is 16.4 Å². The van der Waals surface area contributed by atoms with Gasteiger partial charge in [-0.2, -0.15) is 11.8 Å². The topological polar surface area (TPSA) is 65.0 Å². The summed E-state index contributed by atoms with van der Waals surface area (Å²) in [6, 6.07) is 7.75. The molecule has 3 rings (SSSR count). The van der Waals surface area contributed by atoms with Gasteiger partial charge >= 0.3 is 0 Å². The summed E-state index contributed by atoms with van der Waals surface area (Å²) in [5.74, 6) is 1.96. The second kappa shape index (κ2) is 8.52. The summed E-state index contributed by atoms with van der Waals surface area (Å²) in [7, 11) is -1.57. The first-order valence-electron chi connectivity index (χ1n) is 9.20. The largest absolute Gasteiger partial charge is 0.355 e. The van der Waals surface area contributed by atoms with E-state index in [1.807, 2.05) is 36.0 Å². The lowest BCUT2D eigenvalue weighted by Gasteiger charge is -2.34. The Hall–Kier alpha value is -1.41. The van der Waals surface area contributed by atoms with Crippen LogP contribution in [-0.4, -0.2) is 69.3 Å². The van der Waals surface area contributed by atoms with Crippen LogP contribution in [0.1, 0.15) is 18.9 Å². The number of nitrogens with zero attached hydrogens (tertiary/aromatic N) is 3. The fraction of sp³-hybridized carbons (Fsp3) is 0.611. The van der Waals surface area contributed by atoms with Gasteiger partial charge in [0.25, 0.3) is 0 Å². The molecule has 2 aliphatic rings. The van der Waals surface area contributed by atoms with Crippen LogP contribution in [0.2, 0.25) is 0 Å². The third kappa shape index (κ3) is 4.28. The van der Waals surface area contributed by atoms with Crippen molar-refractivity contribution in [1.29, 1.82) is 0 Å². The van der Waals surface area contributed by atoms with Crippen molar-refractivity contribution in [3.8, 4) is 0 Å². The molecule has 1 aromatic carbocycles. The van der Waals surface area contributed by atoms with Crippen LogP contribution < -0.4 is 9.62 Å². The van der Waals surface area contributed by atoms with Crippen molar-refractivity contribution in [2.45, 2.75) is 25.0 Å². The number of anilines is 1. The van der Waals surface area contributed by atoms with E-state index in [0.717, 1.165) is 48.9 Å². The number of rotatable bonds is 5. The van der Waals surface area contributed by atoms with Gasteiger partial charge < -0.3 is 10.2 Å². The van der Waals surface area contributed by atoms with E-state index in [9.17, 15) is 8.42 Å². The number of nitrogens with one attached hydrogen (secondary N) is 1. The van der Waals surface area contributed by atoms with E-state index in [0.29, 0.717) is 18.3 Å². The number of sulfonamides is 1. The van der Waals surface area contributed by atoms with Crippen molar-refractivity contribution in [3.05, 3.63) is 29.8 Å². The molecule has 2 heterocycles. The fourth-order valence-corrected chi connectivity index (χ4v) is 6.10. The first-order valence-corrected chi connectivity index (χ1v) is 11.9. The van der Waals surface area contributed by atoms with E-state index >= 15 is 0 Å². The van der Waals surface area contributed by atoms with Crippen molar-refractivity contribution >= 4 is 33.4 Å². The fourth-order valence-electron chi connectivity index (χ4n) is 3.49. The van der Waals surface area contributed by atoms with E-state index in [4.69, 9.17) is 0 Å². The highest BCUT2D eigenvalue weighted by Gasteiger charge is 2.29. The monoisotopic (exact) mass is 396 g/mol. The number of hydrogen-bond acceptors (Lipinski definition) is 4. The zero-order valence-electron chi connectivity index (χ0n) is 15.5. The Morgan fingerprint density at radius 3 is 2.92 bits per heavy atom. The number of aliphatic imine (C=N–C) groups is 1. The minimum atomic E-state index is -3.33. The Morgan fingerprint density at radius 1 is 1.35 bits per heavy atom. The van der Waals surface area contributed by atoms with Crippen LogP contribution in [0.4, 0.5) is 5.69 Å². The number of para-hydroxylation sites is 1. The molecular weight excluding hydrogens is 368 g/mol. The molecule has 1 N–H and O–H groups in total. The normalized spacial score (nSPS) is 21.0. The molecule has 1 unspecified atom stereocenters. The Bertz CT molecular complexity index is 751. The van der Waals surface area contributed by atoms with Crippen LogP contribution in [0.5, 0.6) is 0 Å². The minimum Gasteiger partial charge on any atom is -0.355 e. The number of thioether (sulfide) groups is 1. The number of hydrogen-bond donors (Lipinski definition) is 1. The molecule has 1 aromatic rings. The molecule has 0 amide bonds. The zero-order chi connectivity index (χ0) is 18.6. The summed E-state index contributed by atoms with van der Waals surface area (Å²) in [4.78, 5) is 6.59. The SMILES string of the molecule is CCC1CN(C(=NC)NCCS(=O)(=O)N2CCc3ccccc32)CCS1. The first-order chi connectivity index (χ1) is 12.5. The van der Waals surface area contributed by atoms with E-state index < -0.39 is 10.0 Å². The molecule has 0 aromatic heterocycles.